The molecule has 3 saturated heterocycles. The fourth-order valence-corrected chi connectivity index (χ4v) is 4.24. The quantitative estimate of drug-likeness (QED) is 0.836. The molecule has 1 amide bonds. The highest BCUT2D eigenvalue weighted by Crippen LogP contribution is 2.30. The third-order valence-electron chi connectivity index (χ3n) is 5.64. The van der Waals surface area contributed by atoms with Gasteiger partial charge >= 0.3 is 0 Å². The molecule has 0 radical (unpaired) electrons. The second-order valence-electron chi connectivity index (χ2n) is 7.40. The number of nitrogens with zero attached hydrogens (tertiary/aromatic N) is 5. The molecule has 0 saturated carbocycles. The number of anilines is 1. The second-order valence-corrected chi connectivity index (χ2v) is 7.40. The topological polar surface area (TPSA) is 75.4 Å². The molecular formula is C19H25N5O2. The molecule has 0 spiro atoms. The molecule has 7 heteroatoms. The first-order valence-electron chi connectivity index (χ1n) is 9.35. The number of fused-ring (bicyclic) bond motifs is 4. The zero-order valence-corrected chi connectivity index (χ0v) is 15.4. The third kappa shape index (κ3) is 3.30. The van der Waals surface area contributed by atoms with E-state index in [1.165, 1.54) is 6.42 Å². The minimum atomic E-state index is 0.232. The first-order chi connectivity index (χ1) is 12.6. The number of hydrogen-bond acceptors (Lipinski definition) is 6. The lowest BCUT2D eigenvalue weighted by atomic mass is 9.94. The molecule has 5 heterocycles. The Kier molecular flexibility index (Phi) is 4.61. The van der Waals surface area contributed by atoms with Gasteiger partial charge in [-0.15, -0.1) is 0 Å². The van der Waals surface area contributed by atoms with E-state index in [-0.39, 0.29) is 11.9 Å². The minimum absolute atomic E-state index is 0.232. The highest BCUT2D eigenvalue weighted by molar-refractivity contribution is 5.77. The Hall–Kier alpha value is -2.44. The van der Waals surface area contributed by atoms with E-state index in [1.807, 2.05) is 19.9 Å². The fourth-order valence-electron chi connectivity index (χ4n) is 4.24. The maximum Gasteiger partial charge on any atom is 0.225 e. The van der Waals surface area contributed by atoms with Crippen LogP contribution in [0.5, 0.6) is 0 Å². The summed E-state index contributed by atoms with van der Waals surface area (Å²) in [6, 6.07) is 2.08. The van der Waals surface area contributed by atoms with Crippen LogP contribution < -0.4 is 4.90 Å². The van der Waals surface area contributed by atoms with Gasteiger partial charge in [-0.1, -0.05) is 5.16 Å². The van der Waals surface area contributed by atoms with E-state index >= 15 is 0 Å². The molecule has 0 aromatic carbocycles. The molecule has 3 fully saturated rings. The SMILES string of the molecule is Cc1noc(C)c1CCC(=O)N1C[C@H]2CC[C@@H]1CN(c1ncccn1)C2. The number of carbonyl (C=O) groups excluding carboxylic acids is 1. The van der Waals surface area contributed by atoms with Crippen molar-refractivity contribution in [1.82, 2.24) is 20.0 Å². The van der Waals surface area contributed by atoms with E-state index < -0.39 is 0 Å². The smallest absolute Gasteiger partial charge is 0.225 e. The highest BCUT2D eigenvalue weighted by atomic mass is 16.5. The van der Waals surface area contributed by atoms with Crippen molar-refractivity contribution in [3.05, 3.63) is 35.5 Å². The summed E-state index contributed by atoms with van der Waals surface area (Å²) < 4.78 is 5.21. The second kappa shape index (κ2) is 7.05. The van der Waals surface area contributed by atoms with Crippen LogP contribution in [-0.4, -0.2) is 51.6 Å². The number of hydrogen-bond donors (Lipinski definition) is 0. The number of aryl methyl sites for hydroxylation is 2. The predicted octanol–water partition coefficient (Wildman–Crippen LogP) is 2.14. The Balaban J connectivity index is 1.44. The van der Waals surface area contributed by atoms with Crippen molar-refractivity contribution < 1.29 is 9.32 Å². The molecule has 2 aromatic rings. The summed E-state index contributed by atoms with van der Waals surface area (Å²) in [4.78, 5) is 26.0. The monoisotopic (exact) mass is 355 g/mol. The lowest BCUT2D eigenvalue weighted by Crippen LogP contribution is -2.47. The van der Waals surface area contributed by atoms with Gasteiger partial charge in [0.25, 0.3) is 0 Å². The maximum atomic E-state index is 12.9. The maximum absolute atomic E-state index is 12.9. The Morgan fingerprint density at radius 2 is 2.00 bits per heavy atom. The van der Waals surface area contributed by atoms with Crippen LogP contribution in [-0.2, 0) is 11.2 Å². The molecule has 26 heavy (non-hydrogen) atoms. The van der Waals surface area contributed by atoms with Crippen LogP contribution in [0.15, 0.2) is 23.0 Å². The summed E-state index contributed by atoms with van der Waals surface area (Å²) in [7, 11) is 0. The van der Waals surface area contributed by atoms with E-state index in [9.17, 15) is 4.79 Å². The van der Waals surface area contributed by atoms with Crippen LogP contribution in [0.3, 0.4) is 0 Å². The molecule has 5 rings (SSSR count). The largest absolute Gasteiger partial charge is 0.361 e. The average molecular weight is 355 g/mol. The summed E-state index contributed by atoms with van der Waals surface area (Å²) in [5, 5.41) is 3.98. The first-order valence-corrected chi connectivity index (χ1v) is 9.35. The van der Waals surface area contributed by atoms with Crippen LogP contribution >= 0.6 is 0 Å². The van der Waals surface area contributed by atoms with E-state index in [1.54, 1.807) is 12.4 Å². The third-order valence-corrected chi connectivity index (χ3v) is 5.64. The van der Waals surface area contributed by atoms with Crippen molar-refractivity contribution in [1.29, 1.82) is 0 Å². The summed E-state index contributed by atoms with van der Waals surface area (Å²) in [6.07, 6.45) is 6.99. The van der Waals surface area contributed by atoms with Crippen molar-refractivity contribution in [2.45, 2.75) is 45.6 Å². The van der Waals surface area contributed by atoms with E-state index in [2.05, 4.69) is 24.9 Å². The van der Waals surface area contributed by atoms with Gasteiger partial charge in [0.2, 0.25) is 11.9 Å². The van der Waals surface area contributed by atoms with Crippen molar-refractivity contribution in [2.24, 2.45) is 5.92 Å². The Labute approximate surface area is 153 Å². The predicted molar refractivity (Wildman–Crippen MR) is 96.8 cm³/mol. The summed E-state index contributed by atoms with van der Waals surface area (Å²) in [5.41, 5.74) is 1.96. The fraction of sp³-hybridized carbons (Fsp3) is 0.579. The molecule has 3 aliphatic heterocycles. The van der Waals surface area contributed by atoms with Crippen molar-refractivity contribution in [2.75, 3.05) is 24.5 Å². The van der Waals surface area contributed by atoms with Gasteiger partial charge in [-0.25, -0.2) is 9.97 Å². The Morgan fingerprint density at radius 3 is 2.73 bits per heavy atom. The molecule has 0 aliphatic carbocycles. The van der Waals surface area contributed by atoms with Crippen molar-refractivity contribution in [3.8, 4) is 0 Å². The van der Waals surface area contributed by atoms with E-state index in [0.717, 1.165) is 49.0 Å². The van der Waals surface area contributed by atoms with E-state index in [4.69, 9.17) is 4.52 Å². The number of aromatic nitrogens is 3. The minimum Gasteiger partial charge on any atom is -0.361 e. The van der Waals surface area contributed by atoms with Gasteiger partial charge in [0.15, 0.2) is 0 Å². The number of rotatable bonds is 4. The number of carbonyl (C=O) groups is 1. The molecule has 3 aliphatic rings. The van der Waals surface area contributed by atoms with Gasteiger partial charge in [-0.3, -0.25) is 4.79 Å². The summed E-state index contributed by atoms with van der Waals surface area (Å²) in [6.45, 7) is 6.42. The molecule has 0 unspecified atom stereocenters. The number of piperidine rings is 1. The molecule has 0 N–H and O–H groups in total. The van der Waals surface area contributed by atoms with Crippen LogP contribution in [0, 0.1) is 19.8 Å². The molecule has 2 bridgehead atoms. The zero-order valence-electron chi connectivity index (χ0n) is 15.4. The molecule has 138 valence electrons. The molecule has 2 aromatic heterocycles. The van der Waals surface area contributed by atoms with Crippen molar-refractivity contribution >= 4 is 11.9 Å². The average Bonchev–Trinajstić information content (AvgIpc) is 2.85. The van der Waals surface area contributed by atoms with Gasteiger partial charge in [-0.2, -0.15) is 0 Å². The van der Waals surface area contributed by atoms with Gasteiger partial charge in [-0.05, 0) is 45.1 Å². The zero-order chi connectivity index (χ0) is 18.1. The van der Waals surface area contributed by atoms with Gasteiger partial charge in [0, 0.05) is 50.1 Å². The number of amides is 1. The lowest BCUT2D eigenvalue weighted by Gasteiger charge is -2.36. The molecule has 7 nitrogen and oxygen atoms in total. The normalized spacial score (nSPS) is 22.5. The highest BCUT2D eigenvalue weighted by Gasteiger charge is 2.37. The summed E-state index contributed by atoms with van der Waals surface area (Å²) in [5.74, 6) is 2.31. The first kappa shape index (κ1) is 17.0. The molecule has 2 atom stereocenters. The summed E-state index contributed by atoms with van der Waals surface area (Å²) >= 11 is 0. The van der Waals surface area contributed by atoms with Crippen LogP contribution in [0.25, 0.3) is 0 Å². The van der Waals surface area contributed by atoms with Gasteiger partial charge in [0.05, 0.1) is 5.69 Å². The standard InChI is InChI=1S/C19H25N5O2/c1-13-17(14(2)26-22-13)6-7-18(25)24-11-15-4-5-16(24)12-23(10-15)19-20-8-3-9-21-19/h3,8-9,15-16H,4-7,10-12H2,1-2H3/t15-,16+/m0/s1. The van der Waals surface area contributed by atoms with E-state index in [0.29, 0.717) is 18.8 Å². The van der Waals surface area contributed by atoms with Crippen molar-refractivity contribution in [3.63, 3.8) is 0 Å². The van der Waals surface area contributed by atoms with Gasteiger partial charge in [0.1, 0.15) is 5.76 Å². The van der Waals surface area contributed by atoms with Crippen LogP contribution in [0.2, 0.25) is 0 Å². The Morgan fingerprint density at radius 1 is 1.19 bits per heavy atom. The lowest BCUT2D eigenvalue weighted by molar-refractivity contribution is -0.135. The van der Waals surface area contributed by atoms with Crippen LogP contribution in [0.4, 0.5) is 5.95 Å². The van der Waals surface area contributed by atoms with Crippen LogP contribution in [0.1, 0.15) is 36.3 Å². The molecular weight excluding hydrogens is 330 g/mol. The van der Waals surface area contributed by atoms with Gasteiger partial charge < -0.3 is 14.3 Å². The Bertz CT molecular complexity index is 756.